The highest BCUT2D eigenvalue weighted by molar-refractivity contribution is 7.13. The molecule has 1 aromatic rings. The molecule has 0 saturated heterocycles. The van der Waals surface area contributed by atoms with Crippen molar-refractivity contribution in [3.8, 4) is 0 Å². The number of anilines is 1. The minimum atomic E-state index is -0.0961. The van der Waals surface area contributed by atoms with Crippen molar-refractivity contribution in [2.24, 2.45) is 5.92 Å². The number of rotatable bonds is 10. The quantitative estimate of drug-likeness (QED) is 0.517. The molecular formula is C14H26Cl2N4O3S. The lowest BCUT2D eigenvalue weighted by atomic mass is 10.2. The molecule has 3 N–H and O–H groups in total. The van der Waals surface area contributed by atoms with Crippen molar-refractivity contribution in [2.75, 3.05) is 38.7 Å². The number of methoxy groups -OCH3 is 1. The van der Waals surface area contributed by atoms with Gasteiger partial charge in [0, 0.05) is 38.0 Å². The van der Waals surface area contributed by atoms with Gasteiger partial charge in [-0.25, -0.2) is 4.98 Å². The lowest BCUT2D eigenvalue weighted by Gasteiger charge is -2.05. The molecular weight excluding hydrogens is 375 g/mol. The maximum atomic E-state index is 11.8. The van der Waals surface area contributed by atoms with Crippen molar-refractivity contribution in [2.45, 2.75) is 20.3 Å². The molecule has 0 aromatic carbocycles. The van der Waals surface area contributed by atoms with E-state index >= 15 is 0 Å². The van der Waals surface area contributed by atoms with Crippen molar-refractivity contribution in [1.82, 2.24) is 15.6 Å². The third-order valence-corrected chi connectivity index (χ3v) is 3.56. The summed E-state index contributed by atoms with van der Waals surface area (Å²) in [6, 6.07) is 0. The Morgan fingerprint density at radius 3 is 2.58 bits per heavy atom. The average Bonchev–Trinajstić information content (AvgIpc) is 2.89. The summed E-state index contributed by atoms with van der Waals surface area (Å²) in [5, 5.41) is 11.0. The summed E-state index contributed by atoms with van der Waals surface area (Å²) in [6.07, 6.45) is 0.214. The van der Waals surface area contributed by atoms with Crippen LogP contribution in [0.1, 0.15) is 19.5 Å². The van der Waals surface area contributed by atoms with Gasteiger partial charge in [-0.15, -0.1) is 36.2 Å². The van der Waals surface area contributed by atoms with Gasteiger partial charge in [0.25, 0.3) is 0 Å². The van der Waals surface area contributed by atoms with E-state index in [1.807, 2.05) is 13.8 Å². The standard InChI is InChI=1S/C14H24N4O3S.2ClH/c1-10(2)13(20)18-14-17-11(9-22-14)8-12(19)16-5-4-15-6-7-21-3;;/h9-10,15H,4-8H2,1-3H3,(H,16,19)(H,17,18,20);2*1H. The first kappa shape index (κ1) is 25.3. The van der Waals surface area contributed by atoms with E-state index in [2.05, 4.69) is 20.9 Å². The third-order valence-electron chi connectivity index (χ3n) is 2.75. The first-order valence-electron chi connectivity index (χ1n) is 7.24. The number of thiazole rings is 1. The van der Waals surface area contributed by atoms with Crippen LogP contribution in [0.5, 0.6) is 0 Å². The fourth-order valence-corrected chi connectivity index (χ4v) is 2.23. The molecule has 0 fully saturated rings. The fourth-order valence-electron chi connectivity index (χ4n) is 1.51. The highest BCUT2D eigenvalue weighted by atomic mass is 35.5. The van der Waals surface area contributed by atoms with Gasteiger partial charge in [0.2, 0.25) is 11.8 Å². The Bertz CT molecular complexity index is 486. The molecule has 0 bridgehead atoms. The Kier molecular flexibility index (Phi) is 15.2. The van der Waals surface area contributed by atoms with Gasteiger partial charge in [-0.3, -0.25) is 9.59 Å². The Balaban J connectivity index is 0. The van der Waals surface area contributed by atoms with Gasteiger partial charge in [-0.1, -0.05) is 13.8 Å². The minimum Gasteiger partial charge on any atom is -0.383 e. The zero-order valence-corrected chi connectivity index (χ0v) is 16.5. The highest BCUT2D eigenvalue weighted by Gasteiger charge is 2.11. The van der Waals surface area contributed by atoms with Crippen LogP contribution in [0.15, 0.2) is 5.38 Å². The summed E-state index contributed by atoms with van der Waals surface area (Å²) >= 11 is 1.33. The molecule has 1 aromatic heterocycles. The van der Waals surface area contributed by atoms with Crippen molar-refractivity contribution in [1.29, 1.82) is 0 Å². The van der Waals surface area contributed by atoms with Crippen LogP contribution in [0.3, 0.4) is 0 Å². The maximum Gasteiger partial charge on any atom is 0.228 e. The van der Waals surface area contributed by atoms with E-state index in [0.717, 1.165) is 6.54 Å². The van der Waals surface area contributed by atoms with Crippen LogP contribution in [0.25, 0.3) is 0 Å². The van der Waals surface area contributed by atoms with E-state index in [-0.39, 0.29) is 49.0 Å². The van der Waals surface area contributed by atoms with E-state index in [9.17, 15) is 9.59 Å². The lowest BCUT2D eigenvalue weighted by Crippen LogP contribution is -2.33. The number of carbonyl (C=O) groups excluding carboxylic acids is 2. The Labute approximate surface area is 159 Å². The summed E-state index contributed by atoms with van der Waals surface area (Å²) < 4.78 is 4.91. The number of nitrogens with one attached hydrogen (secondary N) is 3. The Morgan fingerprint density at radius 1 is 1.25 bits per heavy atom. The van der Waals surface area contributed by atoms with Crippen molar-refractivity contribution in [3.05, 3.63) is 11.1 Å². The summed E-state index contributed by atoms with van der Waals surface area (Å²) in [5.74, 6) is -0.255. The highest BCUT2D eigenvalue weighted by Crippen LogP contribution is 2.16. The molecule has 0 atom stereocenters. The maximum absolute atomic E-state index is 11.8. The summed E-state index contributed by atoms with van der Waals surface area (Å²) in [5.41, 5.74) is 0.661. The second kappa shape index (κ2) is 14.4. The summed E-state index contributed by atoms with van der Waals surface area (Å²) in [7, 11) is 1.65. The molecule has 0 radical (unpaired) electrons. The molecule has 2 amide bonds. The van der Waals surface area contributed by atoms with Gasteiger partial charge in [0.1, 0.15) is 0 Å². The number of ether oxygens (including phenoxy) is 1. The van der Waals surface area contributed by atoms with Gasteiger partial charge in [-0.2, -0.15) is 0 Å². The Hall–Kier alpha value is -0.930. The number of nitrogens with zero attached hydrogens (tertiary/aromatic N) is 1. The van der Waals surface area contributed by atoms with Gasteiger partial charge < -0.3 is 20.7 Å². The molecule has 140 valence electrons. The van der Waals surface area contributed by atoms with E-state index in [1.165, 1.54) is 11.3 Å². The van der Waals surface area contributed by atoms with Crippen LogP contribution in [0, 0.1) is 5.92 Å². The van der Waals surface area contributed by atoms with Crippen molar-refractivity contribution < 1.29 is 14.3 Å². The molecule has 10 heteroatoms. The van der Waals surface area contributed by atoms with Crippen LogP contribution >= 0.6 is 36.2 Å². The summed E-state index contributed by atoms with van der Waals surface area (Å²) in [4.78, 5) is 27.5. The second-order valence-corrected chi connectivity index (χ2v) is 5.92. The van der Waals surface area contributed by atoms with E-state index in [4.69, 9.17) is 4.74 Å². The Morgan fingerprint density at radius 2 is 1.96 bits per heavy atom. The van der Waals surface area contributed by atoms with Gasteiger partial charge in [-0.05, 0) is 0 Å². The molecule has 0 unspecified atom stereocenters. The van der Waals surface area contributed by atoms with Crippen LogP contribution < -0.4 is 16.0 Å². The predicted octanol–water partition coefficient (Wildman–Crippen LogP) is 1.48. The SMILES string of the molecule is COCCNCCNC(=O)Cc1csc(NC(=O)C(C)C)n1.Cl.Cl. The summed E-state index contributed by atoms with van der Waals surface area (Å²) in [6.45, 7) is 6.30. The number of carbonyl (C=O) groups is 2. The number of aromatic nitrogens is 1. The number of amides is 2. The van der Waals surface area contributed by atoms with Crippen molar-refractivity contribution >= 4 is 53.1 Å². The fraction of sp³-hybridized carbons (Fsp3) is 0.643. The third kappa shape index (κ3) is 10.8. The first-order valence-corrected chi connectivity index (χ1v) is 8.12. The average molecular weight is 401 g/mol. The molecule has 0 aliphatic carbocycles. The van der Waals surface area contributed by atoms with E-state index in [0.29, 0.717) is 30.5 Å². The van der Waals surface area contributed by atoms with Gasteiger partial charge in [0.15, 0.2) is 5.13 Å². The van der Waals surface area contributed by atoms with Crippen LogP contribution in [-0.4, -0.2) is 50.1 Å². The first-order chi connectivity index (χ1) is 10.5. The predicted molar refractivity (Wildman–Crippen MR) is 102 cm³/mol. The molecule has 7 nitrogen and oxygen atoms in total. The molecule has 24 heavy (non-hydrogen) atoms. The number of hydrogen-bond acceptors (Lipinski definition) is 6. The van der Waals surface area contributed by atoms with Crippen LogP contribution in [0.4, 0.5) is 5.13 Å². The smallest absolute Gasteiger partial charge is 0.228 e. The van der Waals surface area contributed by atoms with Crippen molar-refractivity contribution in [3.63, 3.8) is 0 Å². The molecule has 0 spiro atoms. The molecule has 0 saturated carbocycles. The van der Waals surface area contributed by atoms with Gasteiger partial charge >= 0.3 is 0 Å². The van der Waals surface area contributed by atoms with Gasteiger partial charge in [0.05, 0.1) is 18.7 Å². The zero-order valence-electron chi connectivity index (χ0n) is 14.1. The topological polar surface area (TPSA) is 92.4 Å². The van der Waals surface area contributed by atoms with E-state index < -0.39 is 0 Å². The normalized spacial score (nSPS) is 9.83. The molecule has 1 heterocycles. The molecule has 0 aliphatic heterocycles. The molecule has 0 aliphatic rings. The number of hydrogen-bond donors (Lipinski definition) is 3. The monoisotopic (exact) mass is 400 g/mol. The minimum absolute atomic E-state index is 0. The second-order valence-electron chi connectivity index (χ2n) is 5.06. The molecule has 1 rings (SSSR count). The van der Waals surface area contributed by atoms with E-state index in [1.54, 1.807) is 12.5 Å². The largest absolute Gasteiger partial charge is 0.383 e. The van der Waals surface area contributed by atoms with Crippen LogP contribution in [-0.2, 0) is 20.7 Å². The zero-order chi connectivity index (χ0) is 16.4. The van der Waals surface area contributed by atoms with Crippen LogP contribution in [0.2, 0.25) is 0 Å². The lowest BCUT2D eigenvalue weighted by molar-refractivity contribution is -0.120. The number of halogens is 2.